The molecule has 2 aromatic carbocycles. The highest BCUT2D eigenvalue weighted by Crippen LogP contribution is 2.40. The van der Waals surface area contributed by atoms with Gasteiger partial charge < -0.3 is 0 Å². The van der Waals surface area contributed by atoms with Crippen molar-refractivity contribution in [1.82, 2.24) is 10.2 Å². The van der Waals surface area contributed by atoms with Crippen molar-refractivity contribution in [3.63, 3.8) is 0 Å². The van der Waals surface area contributed by atoms with Gasteiger partial charge in [0.1, 0.15) is 5.51 Å². The van der Waals surface area contributed by atoms with E-state index in [1.165, 1.54) is 11.1 Å². The number of nitrogens with zero attached hydrogens (tertiary/aromatic N) is 2. The van der Waals surface area contributed by atoms with Gasteiger partial charge in [0, 0.05) is 5.02 Å². The van der Waals surface area contributed by atoms with Gasteiger partial charge >= 0.3 is 0 Å². The van der Waals surface area contributed by atoms with Gasteiger partial charge in [0.15, 0.2) is 4.34 Å². The van der Waals surface area contributed by atoms with E-state index in [1.54, 1.807) is 28.6 Å². The van der Waals surface area contributed by atoms with Crippen LogP contribution in [0.3, 0.4) is 0 Å². The van der Waals surface area contributed by atoms with Crippen molar-refractivity contribution in [2.75, 3.05) is 0 Å². The van der Waals surface area contributed by atoms with Crippen molar-refractivity contribution in [1.29, 1.82) is 0 Å². The highest BCUT2D eigenvalue weighted by Gasteiger charge is 2.17. The van der Waals surface area contributed by atoms with Gasteiger partial charge in [-0.3, -0.25) is 0 Å². The summed E-state index contributed by atoms with van der Waals surface area (Å²) in [4.78, 5) is 0. The van der Waals surface area contributed by atoms with E-state index in [4.69, 9.17) is 11.6 Å². The van der Waals surface area contributed by atoms with Crippen molar-refractivity contribution in [2.45, 2.75) is 9.59 Å². The molecule has 1 atom stereocenters. The monoisotopic (exact) mass is 318 g/mol. The van der Waals surface area contributed by atoms with Crippen LogP contribution in [0.2, 0.25) is 5.02 Å². The Labute approximate surface area is 130 Å². The fraction of sp³-hybridized carbons (Fsp3) is 0.0667. The molecule has 3 aromatic rings. The van der Waals surface area contributed by atoms with Crippen molar-refractivity contribution in [3.05, 3.63) is 76.3 Å². The number of hydrogen-bond donors (Lipinski definition) is 0. The molecular weight excluding hydrogens is 308 g/mol. The van der Waals surface area contributed by atoms with E-state index in [1.807, 2.05) is 18.2 Å². The molecule has 0 saturated heterocycles. The third-order valence-electron chi connectivity index (χ3n) is 2.83. The molecule has 1 aromatic heterocycles. The van der Waals surface area contributed by atoms with Crippen LogP contribution in [0.5, 0.6) is 0 Å². The predicted octanol–water partition coefficient (Wildman–Crippen LogP) is 5.07. The highest BCUT2D eigenvalue weighted by atomic mass is 35.5. The fourth-order valence-corrected chi connectivity index (χ4v) is 3.84. The van der Waals surface area contributed by atoms with Gasteiger partial charge in [0.05, 0.1) is 5.25 Å². The number of aromatic nitrogens is 2. The second-order valence-electron chi connectivity index (χ2n) is 4.16. The summed E-state index contributed by atoms with van der Waals surface area (Å²) in [5, 5.41) is 8.98. The van der Waals surface area contributed by atoms with Crippen LogP contribution in [0.25, 0.3) is 0 Å². The van der Waals surface area contributed by atoms with Crippen LogP contribution in [0, 0.1) is 0 Å². The first kappa shape index (κ1) is 13.6. The van der Waals surface area contributed by atoms with Gasteiger partial charge in [0.25, 0.3) is 0 Å². The quantitative estimate of drug-likeness (QED) is 0.628. The Balaban J connectivity index is 1.97. The lowest BCUT2D eigenvalue weighted by Gasteiger charge is -2.16. The minimum absolute atomic E-state index is 0.196. The fourth-order valence-electron chi connectivity index (χ4n) is 1.91. The van der Waals surface area contributed by atoms with Crippen LogP contribution in [0.4, 0.5) is 0 Å². The summed E-state index contributed by atoms with van der Waals surface area (Å²) in [5.41, 5.74) is 4.21. The Hall–Kier alpha value is -1.36. The lowest BCUT2D eigenvalue weighted by molar-refractivity contribution is 1.00. The zero-order chi connectivity index (χ0) is 13.8. The smallest absolute Gasteiger partial charge is 0.146 e. The molecule has 100 valence electrons. The van der Waals surface area contributed by atoms with Crippen LogP contribution < -0.4 is 0 Å². The minimum Gasteiger partial charge on any atom is -0.146 e. The molecule has 0 aliphatic heterocycles. The zero-order valence-corrected chi connectivity index (χ0v) is 12.8. The van der Waals surface area contributed by atoms with Crippen LogP contribution in [-0.4, -0.2) is 10.2 Å². The van der Waals surface area contributed by atoms with E-state index in [9.17, 15) is 0 Å². The molecular formula is C15H11ClN2S2. The zero-order valence-electron chi connectivity index (χ0n) is 10.4. The molecule has 20 heavy (non-hydrogen) atoms. The summed E-state index contributed by atoms with van der Waals surface area (Å²) in [6.07, 6.45) is 0. The van der Waals surface area contributed by atoms with Crippen molar-refractivity contribution >= 4 is 34.7 Å². The lowest BCUT2D eigenvalue weighted by atomic mass is 10.0. The first-order chi connectivity index (χ1) is 9.83. The minimum atomic E-state index is 0.196. The van der Waals surface area contributed by atoms with E-state index in [0.29, 0.717) is 0 Å². The molecule has 0 aliphatic rings. The molecule has 0 bridgehead atoms. The Morgan fingerprint density at radius 3 is 2.30 bits per heavy atom. The SMILES string of the molecule is Clc1ccc(C(Sc2nncs2)c2ccccc2)cc1. The second kappa shape index (κ2) is 6.39. The van der Waals surface area contributed by atoms with E-state index < -0.39 is 0 Å². The van der Waals surface area contributed by atoms with Crippen LogP contribution in [-0.2, 0) is 0 Å². The van der Waals surface area contributed by atoms with Crippen LogP contribution in [0.1, 0.15) is 16.4 Å². The second-order valence-corrected chi connectivity index (χ2v) is 6.79. The van der Waals surface area contributed by atoms with Crippen LogP contribution >= 0.6 is 34.7 Å². The summed E-state index contributed by atoms with van der Waals surface area (Å²) >= 11 is 9.25. The highest BCUT2D eigenvalue weighted by molar-refractivity contribution is 8.01. The molecule has 5 heteroatoms. The third kappa shape index (κ3) is 3.20. The van der Waals surface area contributed by atoms with Gasteiger partial charge in [0.2, 0.25) is 0 Å². The molecule has 2 nitrogen and oxygen atoms in total. The topological polar surface area (TPSA) is 25.8 Å². The standard InChI is InChI=1S/C15H11ClN2S2/c16-13-8-6-12(7-9-13)14(11-4-2-1-3-5-11)20-15-18-17-10-19-15/h1-10,14H. The summed E-state index contributed by atoms with van der Waals surface area (Å²) < 4.78 is 0.966. The van der Waals surface area contributed by atoms with E-state index in [0.717, 1.165) is 9.36 Å². The van der Waals surface area contributed by atoms with Gasteiger partial charge in [-0.15, -0.1) is 10.2 Å². The maximum absolute atomic E-state index is 5.98. The van der Waals surface area contributed by atoms with E-state index >= 15 is 0 Å². The van der Waals surface area contributed by atoms with Crippen LogP contribution in [0.15, 0.2) is 64.4 Å². The molecule has 0 radical (unpaired) electrons. The maximum Gasteiger partial charge on any atom is 0.174 e. The normalized spacial score (nSPS) is 12.2. The number of benzene rings is 2. The van der Waals surface area contributed by atoms with Crippen molar-refractivity contribution < 1.29 is 0 Å². The van der Waals surface area contributed by atoms with Gasteiger partial charge in [-0.1, -0.05) is 77.2 Å². The molecule has 1 heterocycles. The van der Waals surface area contributed by atoms with Gasteiger partial charge in [-0.2, -0.15) is 0 Å². The summed E-state index contributed by atoms with van der Waals surface area (Å²) in [6, 6.07) is 18.4. The molecule has 0 spiro atoms. The number of halogens is 1. The largest absolute Gasteiger partial charge is 0.174 e. The molecule has 0 aliphatic carbocycles. The van der Waals surface area contributed by atoms with Gasteiger partial charge in [-0.25, -0.2) is 0 Å². The maximum atomic E-state index is 5.98. The first-order valence-corrected chi connectivity index (χ1v) is 8.20. The number of rotatable bonds is 4. The molecule has 0 amide bonds. The van der Waals surface area contributed by atoms with E-state index in [-0.39, 0.29) is 5.25 Å². The Morgan fingerprint density at radius 2 is 1.65 bits per heavy atom. The Kier molecular flexibility index (Phi) is 4.35. The van der Waals surface area contributed by atoms with E-state index in [2.05, 4.69) is 46.6 Å². The summed E-state index contributed by atoms with van der Waals surface area (Å²) in [5.74, 6) is 0. The molecule has 0 saturated carbocycles. The average molecular weight is 319 g/mol. The summed E-state index contributed by atoms with van der Waals surface area (Å²) in [7, 11) is 0. The number of thioether (sulfide) groups is 1. The summed E-state index contributed by atoms with van der Waals surface area (Å²) in [6.45, 7) is 0. The molecule has 0 fully saturated rings. The number of hydrogen-bond acceptors (Lipinski definition) is 4. The molecule has 1 unspecified atom stereocenters. The molecule has 0 N–H and O–H groups in total. The van der Waals surface area contributed by atoms with Crippen molar-refractivity contribution in [3.8, 4) is 0 Å². The Morgan fingerprint density at radius 1 is 0.950 bits per heavy atom. The lowest BCUT2D eigenvalue weighted by Crippen LogP contribution is -1.96. The predicted molar refractivity (Wildman–Crippen MR) is 85.5 cm³/mol. The third-order valence-corrected chi connectivity index (χ3v) is 5.21. The van der Waals surface area contributed by atoms with Crippen molar-refractivity contribution in [2.24, 2.45) is 0 Å². The van der Waals surface area contributed by atoms with Gasteiger partial charge in [-0.05, 0) is 23.3 Å². The average Bonchev–Trinajstić information content (AvgIpc) is 3.00. The molecule has 3 rings (SSSR count). The first-order valence-electron chi connectivity index (χ1n) is 6.06. The Bertz CT molecular complexity index is 654.